The molecule has 0 spiro atoms. The molecule has 0 amide bonds. The Labute approximate surface area is 125 Å². The number of hydrogen-bond acceptors (Lipinski definition) is 4. The summed E-state index contributed by atoms with van der Waals surface area (Å²) >= 11 is 6.06. The van der Waals surface area contributed by atoms with E-state index in [9.17, 15) is 8.42 Å². The van der Waals surface area contributed by atoms with Gasteiger partial charge in [0.1, 0.15) is 5.75 Å². The van der Waals surface area contributed by atoms with E-state index < -0.39 is 10.0 Å². The van der Waals surface area contributed by atoms with Crippen LogP contribution in [-0.2, 0) is 16.6 Å². The Kier molecular flexibility index (Phi) is 7.29. The van der Waals surface area contributed by atoms with Crippen molar-refractivity contribution in [2.24, 2.45) is 0 Å². The highest BCUT2D eigenvalue weighted by Crippen LogP contribution is 2.26. The zero-order valence-corrected chi connectivity index (χ0v) is 13.4. The van der Waals surface area contributed by atoms with Crippen LogP contribution in [0.5, 0.6) is 5.75 Å². The second-order valence-electron chi connectivity index (χ2n) is 4.37. The predicted octanol–water partition coefficient (Wildman–Crippen LogP) is 1.77. The smallest absolute Gasteiger partial charge is 0.211 e. The van der Waals surface area contributed by atoms with Gasteiger partial charge in [-0.25, -0.2) is 13.1 Å². The molecule has 0 atom stereocenters. The Bertz CT molecular complexity index is 520. The number of methoxy groups -OCH3 is 1. The van der Waals surface area contributed by atoms with Gasteiger partial charge in [0.2, 0.25) is 10.0 Å². The third-order valence-electron chi connectivity index (χ3n) is 2.85. The first-order chi connectivity index (χ1) is 9.50. The molecule has 114 valence electrons. The SMILES string of the molecule is CNCCCCS(=O)(=O)NCc1c(Cl)cccc1OC. The van der Waals surface area contributed by atoms with Gasteiger partial charge >= 0.3 is 0 Å². The van der Waals surface area contributed by atoms with Crippen LogP contribution in [0.1, 0.15) is 18.4 Å². The van der Waals surface area contributed by atoms with Crippen LogP contribution in [0.4, 0.5) is 0 Å². The molecule has 0 heterocycles. The number of benzene rings is 1. The molecular formula is C13H21ClN2O3S. The van der Waals surface area contributed by atoms with Crippen molar-refractivity contribution in [3.63, 3.8) is 0 Å². The van der Waals surface area contributed by atoms with Crippen LogP contribution in [0.25, 0.3) is 0 Å². The first-order valence-electron chi connectivity index (χ1n) is 6.43. The van der Waals surface area contributed by atoms with Gasteiger partial charge in [-0.15, -0.1) is 0 Å². The zero-order chi connectivity index (χ0) is 15.0. The van der Waals surface area contributed by atoms with Crippen molar-refractivity contribution in [1.82, 2.24) is 10.0 Å². The Morgan fingerprint density at radius 1 is 1.30 bits per heavy atom. The minimum absolute atomic E-state index is 0.113. The van der Waals surface area contributed by atoms with Crippen LogP contribution in [0.2, 0.25) is 5.02 Å². The van der Waals surface area contributed by atoms with Crippen LogP contribution < -0.4 is 14.8 Å². The lowest BCUT2D eigenvalue weighted by Gasteiger charge is -2.11. The zero-order valence-electron chi connectivity index (χ0n) is 11.8. The first-order valence-corrected chi connectivity index (χ1v) is 8.46. The number of halogens is 1. The predicted molar refractivity (Wildman–Crippen MR) is 81.8 cm³/mol. The van der Waals surface area contributed by atoms with Crippen molar-refractivity contribution in [1.29, 1.82) is 0 Å². The summed E-state index contributed by atoms with van der Waals surface area (Å²) in [4.78, 5) is 0. The quantitative estimate of drug-likeness (QED) is 0.680. The molecule has 7 heteroatoms. The fourth-order valence-corrected chi connectivity index (χ4v) is 3.08. The molecule has 5 nitrogen and oxygen atoms in total. The van der Waals surface area contributed by atoms with Gasteiger partial charge in [-0.2, -0.15) is 0 Å². The summed E-state index contributed by atoms with van der Waals surface area (Å²) in [6.07, 6.45) is 1.45. The van der Waals surface area contributed by atoms with E-state index in [0.29, 0.717) is 22.8 Å². The molecule has 1 rings (SSSR count). The molecule has 20 heavy (non-hydrogen) atoms. The second-order valence-corrected chi connectivity index (χ2v) is 6.70. The van der Waals surface area contributed by atoms with Gasteiger partial charge in [-0.3, -0.25) is 0 Å². The van der Waals surface area contributed by atoms with Gasteiger partial charge < -0.3 is 10.1 Å². The molecule has 0 aliphatic carbocycles. The summed E-state index contributed by atoms with van der Waals surface area (Å²) in [7, 11) is 0.0789. The van der Waals surface area contributed by atoms with Crippen LogP contribution >= 0.6 is 11.6 Å². The lowest BCUT2D eigenvalue weighted by Crippen LogP contribution is -2.26. The molecule has 0 aliphatic heterocycles. The van der Waals surface area contributed by atoms with E-state index in [4.69, 9.17) is 16.3 Å². The van der Waals surface area contributed by atoms with Gasteiger partial charge in [0.25, 0.3) is 0 Å². The van der Waals surface area contributed by atoms with E-state index in [2.05, 4.69) is 10.0 Å². The molecule has 0 saturated heterocycles. The lowest BCUT2D eigenvalue weighted by atomic mass is 10.2. The number of hydrogen-bond donors (Lipinski definition) is 2. The Morgan fingerprint density at radius 3 is 2.70 bits per heavy atom. The third-order valence-corrected chi connectivity index (χ3v) is 4.62. The van der Waals surface area contributed by atoms with E-state index in [1.54, 1.807) is 18.2 Å². The fourth-order valence-electron chi connectivity index (χ4n) is 1.75. The van der Waals surface area contributed by atoms with E-state index in [1.165, 1.54) is 7.11 Å². The van der Waals surface area contributed by atoms with Crippen LogP contribution in [0.3, 0.4) is 0 Å². The number of sulfonamides is 1. The molecule has 2 N–H and O–H groups in total. The average molecular weight is 321 g/mol. The molecule has 0 saturated carbocycles. The van der Waals surface area contributed by atoms with E-state index >= 15 is 0 Å². The van der Waals surface area contributed by atoms with E-state index in [-0.39, 0.29) is 12.3 Å². The van der Waals surface area contributed by atoms with Crippen LogP contribution in [0.15, 0.2) is 18.2 Å². The fraction of sp³-hybridized carbons (Fsp3) is 0.538. The molecule has 0 unspecified atom stereocenters. The van der Waals surface area contributed by atoms with Gasteiger partial charge in [-0.1, -0.05) is 17.7 Å². The van der Waals surface area contributed by atoms with Crippen molar-refractivity contribution in [2.45, 2.75) is 19.4 Å². The number of nitrogens with one attached hydrogen (secondary N) is 2. The monoisotopic (exact) mass is 320 g/mol. The summed E-state index contributed by atoms with van der Waals surface area (Å²) < 4.78 is 31.5. The summed E-state index contributed by atoms with van der Waals surface area (Å²) in [6, 6.07) is 5.22. The van der Waals surface area contributed by atoms with Crippen molar-refractivity contribution in [3.05, 3.63) is 28.8 Å². The molecule has 1 aromatic carbocycles. The molecule has 0 radical (unpaired) electrons. The number of rotatable bonds is 9. The molecule has 0 fully saturated rings. The Balaban J connectivity index is 2.58. The maximum atomic E-state index is 11.9. The molecule has 0 bridgehead atoms. The highest BCUT2D eigenvalue weighted by Gasteiger charge is 2.13. The largest absolute Gasteiger partial charge is 0.496 e. The molecule has 0 aromatic heterocycles. The van der Waals surface area contributed by atoms with E-state index in [0.717, 1.165) is 13.0 Å². The van der Waals surface area contributed by atoms with Crippen LogP contribution in [0, 0.1) is 0 Å². The second kappa shape index (κ2) is 8.46. The Hall–Kier alpha value is -0.820. The summed E-state index contributed by atoms with van der Waals surface area (Å²) in [5, 5.41) is 3.47. The Morgan fingerprint density at radius 2 is 2.05 bits per heavy atom. The third kappa shape index (κ3) is 5.66. The topological polar surface area (TPSA) is 67.4 Å². The molecule has 0 aliphatic rings. The van der Waals surface area contributed by atoms with Gasteiger partial charge in [0.05, 0.1) is 12.9 Å². The maximum absolute atomic E-state index is 11.9. The minimum Gasteiger partial charge on any atom is -0.496 e. The van der Waals surface area contributed by atoms with Gasteiger partial charge in [0.15, 0.2) is 0 Å². The summed E-state index contributed by atoms with van der Waals surface area (Å²) in [5.74, 6) is 0.692. The van der Waals surface area contributed by atoms with Crippen LogP contribution in [-0.4, -0.2) is 34.9 Å². The average Bonchev–Trinajstić information content (AvgIpc) is 2.42. The van der Waals surface area contributed by atoms with Gasteiger partial charge in [0, 0.05) is 17.1 Å². The molecular weight excluding hydrogens is 300 g/mol. The molecule has 1 aromatic rings. The highest BCUT2D eigenvalue weighted by atomic mass is 35.5. The van der Waals surface area contributed by atoms with E-state index in [1.807, 2.05) is 7.05 Å². The van der Waals surface area contributed by atoms with Crippen molar-refractivity contribution < 1.29 is 13.2 Å². The van der Waals surface area contributed by atoms with Gasteiger partial charge in [-0.05, 0) is 38.6 Å². The minimum atomic E-state index is -3.29. The number of ether oxygens (including phenoxy) is 1. The number of unbranched alkanes of at least 4 members (excludes halogenated alkanes) is 1. The van der Waals surface area contributed by atoms with Crippen molar-refractivity contribution >= 4 is 21.6 Å². The van der Waals surface area contributed by atoms with Crippen molar-refractivity contribution in [3.8, 4) is 5.75 Å². The normalized spacial score (nSPS) is 11.6. The summed E-state index contributed by atoms with van der Waals surface area (Å²) in [5.41, 5.74) is 0.649. The standard InChI is InChI=1S/C13H21ClN2O3S/c1-15-8-3-4-9-20(17,18)16-10-11-12(14)6-5-7-13(11)19-2/h5-7,15-16H,3-4,8-10H2,1-2H3. The van der Waals surface area contributed by atoms with Crippen molar-refractivity contribution in [2.75, 3.05) is 26.5 Å². The first kappa shape index (κ1) is 17.2. The summed E-state index contributed by atoms with van der Waals surface area (Å²) in [6.45, 7) is 0.949. The maximum Gasteiger partial charge on any atom is 0.211 e. The highest BCUT2D eigenvalue weighted by molar-refractivity contribution is 7.89. The lowest BCUT2D eigenvalue weighted by molar-refractivity contribution is 0.409.